The van der Waals surface area contributed by atoms with Crippen LogP contribution >= 0.6 is 23.4 Å². The van der Waals surface area contributed by atoms with E-state index in [-0.39, 0.29) is 0 Å². The summed E-state index contributed by atoms with van der Waals surface area (Å²) in [6, 6.07) is 5.61. The summed E-state index contributed by atoms with van der Waals surface area (Å²) in [6.45, 7) is 2.17. The number of nitriles is 1. The summed E-state index contributed by atoms with van der Waals surface area (Å²) in [5, 5.41) is 11.1. The van der Waals surface area contributed by atoms with Crippen LogP contribution in [0.4, 0.5) is 4.39 Å². The van der Waals surface area contributed by atoms with Gasteiger partial charge >= 0.3 is 0 Å². The van der Waals surface area contributed by atoms with Crippen molar-refractivity contribution in [2.24, 2.45) is 0 Å². The Morgan fingerprint density at radius 1 is 1.39 bits per heavy atom. The second kappa shape index (κ2) is 9.30. The third-order valence-electron chi connectivity index (χ3n) is 5.20. The smallest absolute Gasteiger partial charge is 0.189 e. The molecule has 0 amide bonds. The second-order valence-electron chi connectivity index (χ2n) is 7.11. The molecule has 0 spiro atoms. The molecule has 3 heterocycles. The summed E-state index contributed by atoms with van der Waals surface area (Å²) in [5.74, 6) is 0.993. The van der Waals surface area contributed by atoms with E-state index in [1.165, 1.54) is 11.8 Å². The minimum Gasteiger partial charge on any atom is -0.493 e. The molecule has 1 fully saturated rings. The first-order chi connectivity index (χ1) is 15.0. The van der Waals surface area contributed by atoms with Gasteiger partial charge in [-0.3, -0.25) is 4.90 Å². The van der Waals surface area contributed by atoms with Crippen LogP contribution in [0.15, 0.2) is 23.5 Å². The number of aromatic nitrogens is 3. The predicted molar refractivity (Wildman–Crippen MR) is 119 cm³/mol. The van der Waals surface area contributed by atoms with E-state index in [0.717, 1.165) is 6.54 Å². The van der Waals surface area contributed by atoms with Gasteiger partial charge in [-0.25, -0.2) is 14.4 Å². The fourth-order valence-electron chi connectivity index (χ4n) is 3.65. The minimum atomic E-state index is -0.766. The normalized spacial score (nSPS) is 16.5. The number of thioether (sulfide) groups is 1. The van der Waals surface area contributed by atoms with Crippen molar-refractivity contribution in [3.8, 4) is 28.8 Å². The van der Waals surface area contributed by atoms with Crippen LogP contribution in [0.25, 0.3) is 22.3 Å². The maximum Gasteiger partial charge on any atom is 0.189 e. The lowest BCUT2D eigenvalue weighted by Crippen LogP contribution is -2.26. The molecule has 162 valence electrons. The van der Waals surface area contributed by atoms with Gasteiger partial charge in [0.15, 0.2) is 16.7 Å². The van der Waals surface area contributed by atoms with E-state index in [0.29, 0.717) is 75.6 Å². The van der Waals surface area contributed by atoms with Crippen molar-refractivity contribution in [2.75, 3.05) is 39.6 Å². The zero-order chi connectivity index (χ0) is 22.0. The first kappa shape index (κ1) is 21.7. The Kier molecular flexibility index (Phi) is 6.51. The summed E-state index contributed by atoms with van der Waals surface area (Å²) < 4.78 is 24.8. The maximum absolute atomic E-state index is 13.4. The van der Waals surface area contributed by atoms with Crippen LogP contribution in [0, 0.1) is 11.3 Å². The molecular formula is C21H21ClFN5O2S. The molecule has 1 aliphatic heterocycles. The van der Waals surface area contributed by atoms with Crippen molar-refractivity contribution in [1.29, 1.82) is 5.26 Å². The van der Waals surface area contributed by atoms with Crippen LogP contribution in [0.2, 0.25) is 5.02 Å². The lowest BCUT2D eigenvalue weighted by molar-refractivity contribution is 0.219. The van der Waals surface area contributed by atoms with Crippen molar-refractivity contribution < 1.29 is 13.9 Å². The molecule has 1 atom stereocenters. The van der Waals surface area contributed by atoms with E-state index in [1.54, 1.807) is 25.4 Å². The van der Waals surface area contributed by atoms with Gasteiger partial charge in [-0.15, -0.1) is 0 Å². The number of halogens is 2. The summed E-state index contributed by atoms with van der Waals surface area (Å²) in [5.41, 5.74) is 2.16. The molecule has 1 saturated heterocycles. The highest BCUT2D eigenvalue weighted by Gasteiger charge is 2.22. The molecule has 4 rings (SSSR count). The number of ether oxygens (including phenoxy) is 2. The molecule has 1 N–H and O–H groups in total. The molecular weight excluding hydrogens is 441 g/mol. The Morgan fingerprint density at radius 2 is 2.23 bits per heavy atom. The predicted octanol–water partition coefficient (Wildman–Crippen LogP) is 4.30. The largest absolute Gasteiger partial charge is 0.493 e. The first-order valence-corrected chi connectivity index (χ1v) is 11.3. The van der Waals surface area contributed by atoms with E-state index < -0.39 is 6.17 Å². The number of nitrogens with one attached hydrogen (secondary N) is 1. The van der Waals surface area contributed by atoms with Gasteiger partial charge in [0.05, 0.1) is 28.8 Å². The van der Waals surface area contributed by atoms with Crippen LogP contribution in [-0.2, 0) is 0 Å². The van der Waals surface area contributed by atoms with E-state index in [1.807, 2.05) is 11.2 Å². The number of hydrogen-bond donors (Lipinski definition) is 1. The van der Waals surface area contributed by atoms with E-state index >= 15 is 0 Å². The average Bonchev–Trinajstić information content (AvgIpc) is 3.39. The van der Waals surface area contributed by atoms with Crippen molar-refractivity contribution in [3.63, 3.8) is 0 Å². The number of fused-ring (bicyclic) bond motifs is 1. The lowest BCUT2D eigenvalue weighted by Gasteiger charge is -2.17. The van der Waals surface area contributed by atoms with E-state index in [4.69, 9.17) is 21.1 Å². The highest BCUT2D eigenvalue weighted by atomic mass is 35.5. The number of likely N-dealkylation sites (tertiary alicyclic amines) is 1. The SMILES string of the molecule is COc1cc(Cl)c(-c2nc(SC)nc3[nH]cc(C#N)c23)cc1OCCN1CC[C@H](F)C1. The summed E-state index contributed by atoms with van der Waals surface area (Å²) in [4.78, 5) is 14.1. The Balaban J connectivity index is 1.71. The van der Waals surface area contributed by atoms with Gasteiger partial charge in [-0.1, -0.05) is 23.4 Å². The third kappa shape index (κ3) is 4.42. The number of nitrogens with zero attached hydrogens (tertiary/aromatic N) is 4. The first-order valence-electron chi connectivity index (χ1n) is 9.74. The number of H-pyrrole nitrogens is 1. The van der Waals surface area contributed by atoms with Gasteiger partial charge in [0, 0.05) is 37.5 Å². The molecule has 31 heavy (non-hydrogen) atoms. The molecule has 0 aliphatic carbocycles. The van der Waals surface area contributed by atoms with Crippen molar-refractivity contribution in [2.45, 2.75) is 17.7 Å². The standard InChI is InChI=1S/C21H21ClFN5O2S/c1-29-16-8-15(22)14(7-17(16)30-6-5-28-4-3-13(23)11-28)19-18-12(9-24)10-25-20(18)27-21(26-19)31-2/h7-8,10,13H,3-6,11H2,1-2H3,(H,25,26,27)/t13-/m0/s1. The van der Waals surface area contributed by atoms with Gasteiger partial charge < -0.3 is 14.5 Å². The van der Waals surface area contributed by atoms with E-state index in [2.05, 4.69) is 21.0 Å². The van der Waals surface area contributed by atoms with Gasteiger partial charge in [0.1, 0.15) is 24.5 Å². The molecule has 1 aliphatic rings. The Labute approximate surface area is 188 Å². The molecule has 0 unspecified atom stereocenters. The Morgan fingerprint density at radius 3 is 2.90 bits per heavy atom. The fourth-order valence-corrected chi connectivity index (χ4v) is 4.26. The monoisotopic (exact) mass is 461 g/mol. The molecule has 7 nitrogen and oxygen atoms in total. The summed E-state index contributed by atoms with van der Waals surface area (Å²) in [7, 11) is 1.54. The minimum absolute atomic E-state index is 0.382. The lowest BCUT2D eigenvalue weighted by atomic mass is 10.1. The highest BCUT2D eigenvalue weighted by Crippen LogP contribution is 2.41. The zero-order valence-corrected chi connectivity index (χ0v) is 18.7. The van der Waals surface area contributed by atoms with Gasteiger partial charge in [0.2, 0.25) is 0 Å². The quantitative estimate of drug-likeness (QED) is 0.414. The number of aromatic amines is 1. The molecule has 2 aromatic heterocycles. The molecule has 0 saturated carbocycles. The second-order valence-corrected chi connectivity index (χ2v) is 8.30. The average molecular weight is 462 g/mol. The van der Waals surface area contributed by atoms with E-state index in [9.17, 15) is 9.65 Å². The Bertz CT molecular complexity index is 1150. The molecule has 3 aromatic rings. The van der Waals surface area contributed by atoms with Crippen molar-refractivity contribution >= 4 is 34.4 Å². The topological polar surface area (TPSA) is 87.1 Å². The number of rotatable bonds is 7. The summed E-state index contributed by atoms with van der Waals surface area (Å²) >= 11 is 7.98. The highest BCUT2D eigenvalue weighted by molar-refractivity contribution is 7.98. The number of methoxy groups -OCH3 is 1. The zero-order valence-electron chi connectivity index (χ0n) is 17.1. The number of hydrogen-bond acceptors (Lipinski definition) is 7. The molecule has 0 radical (unpaired) electrons. The third-order valence-corrected chi connectivity index (χ3v) is 6.06. The van der Waals surface area contributed by atoms with Gasteiger partial charge in [0.25, 0.3) is 0 Å². The van der Waals surface area contributed by atoms with Crippen LogP contribution in [0.5, 0.6) is 11.5 Å². The summed E-state index contributed by atoms with van der Waals surface area (Å²) in [6.07, 6.45) is 3.28. The van der Waals surface area contributed by atoms with Crippen LogP contribution in [-0.4, -0.2) is 65.6 Å². The molecule has 10 heteroatoms. The molecule has 1 aromatic carbocycles. The van der Waals surface area contributed by atoms with Crippen LogP contribution in [0.3, 0.4) is 0 Å². The number of alkyl halides is 1. The van der Waals surface area contributed by atoms with Gasteiger partial charge in [-0.2, -0.15) is 5.26 Å². The Hall–Kier alpha value is -2.54. The van der Waals surface area contributed by atoms with Crippen molar-refractivity contribution in [1.82, 2.24) is 19.9 Å². The van der Waals surface area contributed by atoms with Crippen molar-refractivity contribution in [3.05, 3.63) is 28.9 Å². The van der Waals surface area contributed by atoms with Crippen LogP contribution in [0.1, 0.15) is 12.0 Å². The van der Waals surface area contributed by atoms with Gasteiger partial charge in [-0.05, 0) is 18.7 Å². The maximum atomic E-state index is 13.4. The van der Waals surface area contributed by atoms with Crippen LogP contribution < -0.4 is 9.47 Å². The number of benzene rings is 1. The fraction of sp³-hybridized carbons (Fsp3) is 0.381. The molecule has 0 bridgehead atoms.